The number of nitrogens with two attached hydrogens (primary N) is 1. The Bertz CT molecular complexity index is 421. The topological polar surface area (TPSA) is 26.0 Å². The van der Waals surface area contributed by atoms with E-state index in [1.807, 2.05) is 6.07 Å². The molecule has 1 aliphatic carbocycles. The average Bonchev–Trinajstić information content (AvgIpc) is 2.28. The van der Waals surface area contributed by atoms with Crippen molar-refractivity contribution in [2.45, 2.75) is 52.0 Å². The van der Waals surface area contributed by atoms with Crippen molar-refractivity contribution in [3.8, 4) is 0 Å². The van der Waals surface area contributed by atoms with Crippen LogP contribution in [-0.4, -0.2) is 0 Å². The number of rotatable bonds is 1. The zero-order valence-corrected chi connectivity index (χ0v) is 11.7. The highest BCUT2D eigenvalue weighted by Crippen LogP contribution is 2.48. The summed E-state index contributed by atoms with van der Waals surface area (Å²) in [4.78, 5) is 0. The van der Waals surface area contributed by atoms with Crippen molar-refractivity contribution in [1.82, 2.24) is 0 Å². The third-order valence-electron chi connectivity index (χ3n) is 4.36. The van der Waals surface area contributed by atoms with Gasteiger partial charge in [-0.1, -0.05) is 45.7 Å². The highest BCUT2D eigenvalue weighted by molar-refractivity contribution is 5.27. The minimum Gasteiger partial charge on any atom is -0.321 e. The van der Waals surface area contributed by atoms with E-state index in [4.69, 9.17) is 5.73 Å². The molecule has 2 heteroatoms. The summed E-state index contributed by atoms with van der Waals surface area (Å²) in [5.41, 5.74) is 7.45. The fourth-order valence-corrected chi connectivity index (χ4v) is 3.53. The Morgan fingerprint density at radius 1 is 1.28 bits per heavy atom. The maximum Gasteiger partial charge on any atom is 0.123 e. The molecule has 100 valence electrons. The molecule has 0 bridgehead atoms. The fraction of sp³-hybridized carbons (Fsp3) is 0.625. The zero-order chi connectivity index (χ0) is 13.4. The first kappa shape index (κ1) is 13.5. The van der Waals surface area contributed by atoms with E-state index < -0.39 is 0 Å². The predicted molar refractivity (Wildman–Crippen MR) is 73.7 cm³/mol. The monoisotopic (exact) mass is 249 g/mol. The second kappa shape index (κ2) is 4.65. The average molecular weight is 249 g/mol. The van der Waals surface area contributed by atoms with Crippen molar-refractivity contribution in [3.05, 3.63) is 35.6 Å². The van der Waals surface area contributed by atoms with Gasteiger partial charge in [0.15, 0.2) is 0 Å². The first-order chi connectivity index (χ1) is 8.34. The second-order valence-corrected chi connectivity index (χ2v) is 6.72. The van der Waals surface area contributed by atoms with Crippen LogP contribution in [0, 0.1) is 17.2 Å². The molecule has 1 saturated carbocycles. The van der Waals surface area contributed by atoms with Crippen LogP contribution in [0.25, 0.3) is 0 Å². The molecule has 0 aromatic heterocycles. The standard InChI is InChI=1S/C16H24FN/c1-15(2,3)14-9-4-5-10-16(14,18)12-7-6-8-13(17)11-12/h6-8,11,14H,4-5,9-10,18H2,1-3H3. The molecule has 0 heterocycles. The van der Waals surface area contributed by atoms with Gasteiger partial charge in [0.05, 0.1) is 0 Å². The van der Waals surface area contributed by atoms with Gasteiger partial charge < -0.3 is 5.73 Å². The molecule has 1 aromatic carbocycles. The molecule has 1 aromatic rings. The molecule has 0 radical (unpaired) electrons. The van der Waals surface area contributed by atoms with Crippen LogP contribution in [0.15, 0.2) is 24.3 Å². The number of benzene rings is 1. The molecule has 0 amide bonds. The van der Waals surface area contributed by atoms with Gasteiger partial charge in [0.1, 0.15) is 5.82 Å². The second-order valence-electron chi connectivity index (χ2n) is 6.72. The van der Waals surface area contributed by atoms with E-state index in [0.29, 0.717) is 5.92 Å². The molecule has 0 aliphatic heterocycles. The lowest BCUT2D eigenvalue weighted by molar-refractivity contribution is 0.0776. The lowest BCUT2D eigenvalue weighted by Gasteiger charge is -2.48. The van der Waals surface area contributed by atoms with Crippen molar-refractivity contribution in [3.63, 3.8) is 0 Å². The van der Waals surface area contributed by atoms with Crippen molar-refractivity contribution in [2.24, 2.45) is 17.1 Å². The summed E-state index contributed by atoms with van der Waals surface area (Å²) in [7, 11) is 0. The number of hydrogen-bond donors (Lipinski definition) is 1. The highest BCUT2D eigenvalue weighted by atomic mass is 19.1. The number of halogens is 1. The van der Waals surface area contributed by atoms with E-state index >= 15 is 0 Å². The van der Waals surface area contributed by atoms with E-state index in [1.165, 1.54) is 12.5 Å². The molecule has 1 nitrogen and oxygen atoms in total. The molecule has 0 saturated heterocycles. The molecule has 1 fully saturated rings. The minimum absolute atomic E-state index is 0.154. The summed E-state index contributed by atoms with van der Waals surface area (Å²) in [6.07, 6.45) is 4.46. The first-order valence-electron chi connectivity index (χ1n) is 6.89. The Hall–Kier alpha value is -0.890. The van der Waals surface area contributed by atoms with E-state index in [0.717, 1.165) is 24.8 Å². The normalized spacial score (nSPS) is 29.3. The molecule has 2 atom stereocenters. The Morgan fingerprint density at radius 2 is 2.00 bits per heavy atom. The van der Waals surface area contributed by atoms with Gasteiger partial charge in [-0.25, -0.2) is 4.39 Å². The van der Waals surface area contributed by atoms with Gasteiger partial charge in [0, 0.05) is 5.54 Å². The first-order valence-corrected chi connectivity index (χ1v) is 6.89. The maximum atomic E-state index is 13.5. The molecule has 18 heavy (non-hydrogen) atoms. The van der Waals surface area contributed by atoms with Crippen LogP contribution < -0.4 is 5.73 Å². The Morgan fingerprint density at radius 3 is 2.61 bits per heavy atom. The van der Waals surface area contributed by atoms with Crippen LogP contribution in [0.3, 0.4) is 0 Å². The van der Waals surface area contributed by atoms with E-state index in [2.05, 4.69) is 20.8 Å². The molecule has 0 spiro atoms. The van der Waals surface area contributed by atoms with Crippen LogP contribution in [-0.2, 0) is 5.54 Å². The molecule has 2 unspecified atom stereocenters. The molecular formula is C16H24FN. The van der Waals surface area contributed by atoms with E-state index in [-0.39, 0.29) is 16.8 Å². The molecule has 2 N–H and O–H groups in total. The van der Waals surface area contributed by atoms with Gasteiger partial charge in [0.25, 0.3) is 0 Å². The summed E-state index contributed by atoms with van der Waals surface area (Å²) in [6, 6.07) is 6.85. The van der Waals surface area contributed by atoms with Gasteiger partial charge in [-0.05, 0) is 41.9 Å². The lowest BCUT2D eigenvalue weighted by atomic mass is 9.60. The SMILES string of the molecule is CC(C)(C)C1CCCCC1(N)c1cccc(F)c1. The largest absolute Gasteiger partial charge is 0.321 e. The quantitative estimate of drug-likeness (QED) is 0.792. The maximum absolute atomic E-state index is 13.5. The Kier molecular flexibility index (Phi) is 3.50. The van der Waals surface area contributed by atoms with Crippen LogP contribution in [0.1, 0.15) is 52.0 Å². The fourth-order valence-electron chi connectivity index (χ4n) is 3.53. The summed E-state index contributed by atoms with van der Waals surface area (Å²) in [5, 5.41) is 0. The van der Waals surface area contributed by atoms with Crippen molar-refractivity contribution < 1.29 is 4.39 Å². The smallest absolute Gasteiger partial charge is 0.123 e. The Balaban J connectivity index is 2.42. The third-order valence-corrected chi connectivity index (χ3v) is 4.36. The lowest BCUT2D eigenvalue weighted by Crippen LogP contribution is -2.51. The molecule has 1 aliphatic rings. The van der Waals surface area contributed by atoms with Crippen LogP contribution in [0.2, 0.25) is 0 Å². The van der Waals surface area contributed by atoms with Crippen LogP contribution in [0.5, 0.6) is 0 Å². The van der Waals surface area contributed by atoms with Gasteiger partial charge >= 0.3 is 0 Å². The third kappa shape index (κ3) is 2.44. The molecule has 2 rings (SSSR count). The predicted octanol–water partition coefficient (Wildman–Crippen LogP) is 4.22. The molecular weight excluding hydrogens is 225 g/mol. The van der Waals surface area contributed by atoms with Crippen LogP contribution in [0.4, 0.5) is 4.39 Å². The van der Waals surface area contributed by atoms with Crippen LogP contribution >= 0.6 is 0 Å². The van der Waals surface area contributed by atoms with Gasteiger partial charge in [-0.15, -0.1) is 0 Å². The van der Waals surface area contributed by atoms with Crippen molar-refractivity contribution in [1.29, 1.82) is 0 Å². The van der Waals surface area contributed by atoms with Gasteiger partial charge in [-0.2, -0.15) is 0 Å². The summed E-state index contributed by atoms with van der Waals surface area (Å²) < 4.78 is 13.5. The highest BCUT2D eigenvalue weighted by Gasteiger charge is 2.44. The minimum atomic E-state index is -0.376. The zero-order valence-electron chi connectivity index (χ0n) is 11.7. The van der Waals surface area contributed by atoms with Crippen molar-refractivity contribution in [2.75, 3.05) is 0 Å². The Labute approximate surface area is 110 Å². The summed E-state index contributed by atoms with van der Waals surface area (Å²) in [5.74, 6) is 0.219. The number of hydrogen-bond acceptors (Lipinski definition) is 1. The van der Waals surface area contributed by atoms with Gasteiger partial charge in [-0.3, -0.25) is 0 Å². The summed E-state index contributed by atoms with van der Waals surface area (Å²) in [6.45, 7) is 6.72. The van der Waals surface area contributed by atoms with Gasteiger partial charge in [0.2, 0.25) is 0 Å². The van der Waals surface area contributed by atoms with E-state index in [9.17, 15) is 4.39 Å². The van der Waals surface area contributed by atoms with Crippen molar-refractivity contribution >= 4 is 0 Å². The van der Waals surface area contributed by atoms with E-state index in [1.54, 1.807) is 12.1 Å². The summed E-state index contributed by atoms with van der Waals surface area (Å²) >= 11 is 0.